The molecule has 0 aromatic carbocycles. The van der Waals surface area contributed by atoms with Crippen LogP contribution in [0.5, 0.6) is 0 Å². The first kappa shape index (κ1) is 8.97. The third-order valence-corrected chi connectivity index (χ3v) is 2.00. The van der Waals surface area contributed by atoms with E-state index in [0.717, 1.165) is 11.4 Å². The summed E-state index contributed by atoms with van der Waals surface area (Å²) in [6.45, 7) is 0. The normalized spacial score (nSPS) is 10.1. The largest absolute Gasteiger partial charge is 0.399 e. The van der Waals surface area contributed by atoms with Gasteiger partial charge >= 0.3 is 0 Å². The fourth-order valence-corrected chi connectivity index (χ4v) is 1.29. The van der Waals surface area contributed by atoms with Gasteiger partial charge in [0.05, 0.1) is 11.4 Å². The van der Waals surface area contributed by atoms with E-state index in [1.54, 1.807) is 36.7 Å². The number of halogens is 1. The van der Waals surface area contributed by atoms with Crippen LogP contribution >= 0.6 is 11.6 Å². The second-order valence-corrected chi connectivity index (χ2v) is 3.27. The molecule has 2 N–H and O–H groups in total. The summed E-state index contributed by atoms with van der Waals surface area (Å²) in [4.78, 5) is 8.30. The van der Waals surface area contributed by atoms with E-state index >= 15 is 0 Å². The fraction of sp³-hybridized carbons (Fsp3) is 0. The van der Waals surface area contributed by atoms with Crippen molar-refractivity contribution in [1.82, 2.24) is 9.97 Å². The van der Waals surface area contributed by atoms with Crippen LogP contribution in [0.4, 0.5) is 5.69 Å². The lowest BCUT2D eigenvalue weighted by atomic mass is 10.2. The van der Waals surface area contributed by atoms with Gasteiger partial charge in [0.1, 0.15) is 0 Å². The summed E-state index contributed by atoms with van der Waals surface area (Å²) in [6.07, 6.45) is 3.29. The van der Waals surface area contributed by atoms with E-state index in [2.05, 4.69) is 9.97 Å². The fourth-order valence-electron chi connectivity index (χ4n) is 1.13. The summed E-state index contributed by atoms with van der Waals surface area (Å²) >= 11 is 5.84. The molecule has 2 rings (SSSR count). The lowest BCUT2D eigenvalue weighted by molar-refractivity contribution is 1.25. The zero-order chi connectivity index (χ0) is 9.97. The molecule has 0 aliphatic carbocycles. The summed E-state index contributed by atoms with van der Waals surface area (Å²) in [7, 11) is 0. The number of pyridine rings is 2. The van der Waals surface area contributed by atoms with Crippen LogP contribution in [-0.4, -0.2) is 9.97 Å². The molecule has 0 amide bonds. The molecule has 14 heavy (non-hydrogen) atoms. The van der Waals surface area contributed by atoms with Gasteiger partial charge in [-0.3, -0.25) is 9.97 Å². The Morgan fingerprint density at radius 2 is 1.64 bits per heavy atom. The summed E-state index contributed by atoms with van der Waals surface area (Å²) in [5.74, 6) is 0. The Morgan fingerprint density at radius 1 is 1.00 bits per heavy atom. The average Bonchev–Trinajstić information content (AvgIpc) is 2.18. The highest BCUT2D eigenvalue weighted by molar-refractivity contribution is 6.30. The molecule has 3 nitrogen and oxygen atoms in total. The van der Waals surface area contributed by atoms with E-state index in [4.69, 9.17) is 17.3 Å². The maximum Gasteiger partial charge on any atom is 0.0907 e. The van der Waals surface area contributed by atoms with Gasteiger partial charge in [-0.05, 0) is 24.3 Å². The quantitative estimate of drug-likeness (QED) is 0.778. The monoisotopic (exact) mass is 205 g/mol. The number of nitrogens with two attached hydrogens (primary N) is 1. The minimum Gasteiger partial charge on any atom is -0.399 e. The maximum atomic E-state index is 5.84. The third kappa shape index (κ3) is 1.83. The van der Waals surface area contributed by atoms with Crippen LogP contribution in [0.3, 0.4) is 0 Å². The molecule has 0 atom stereocenters. The van der Waals surface area contributed by atoms with Crippen molar-refractivity contribution in [1.29, 1.82) is 0 Å². The Bertz CT molecular complexity index is 413. The van der Waals surface area contributed by atoms with Crippen molar-refractivity contribution < 1.29 is 0 Å². The second-order valence-electron chi connectivity index (χ2n) is 2.83. The van der Waals surface area contributed by atoms with E-state index in [1.807, 2.05) is 0 Å². The van der Waals surface area contributed by atoms with Crippen molar-refractivity contribution >= 4 is 17.3 Å². The van der Waals surface area contributed by atoms with Crippen LogP contribution in [0.15, 0.2) is 36.7 Å². The molecule has 0 spiro atoms. The van der Waals surface area contributed by atoms with Gasteiger partial charge < -0.3 is 5.73 Å². The molecule has 0 fully saturated rings. The van der Waals surface area contributed by atoms with Crippen molar-refractivity contribution in [2.75, 3.05) is 5.73 Å². The van der Waals surface area contributed by atoms with E-state index in [-0.39, 0.29) is 0 Å². The van der Waals surface area contributed by atoms with Gasteiger partial charge in [-0.1, -0.05) is 11.6 Å². The lowest BCUT2D eigenvalue weighted by Gasteiger charge is -2.00. The van der Waals surface area contributed by atoms with Crippen LogP contribution in [0.25, 0.3) is 11.4 Å². The first-order valence-corrected chi connectivity index (χ1v) is 4.47. The minimum atomic E-state index is 0.638. The maximum absolute atomic E-state index is 5.84. The summed E-state index contributed by atoms with van der Waals surface area (Å²) in [5, 5.41) is 0.638. The zero-order valence-corrected chi connectivity index (χ0v) is 8.07. The predicted molar refractivity (Wildman–Crippen MR) is 56.9 cm³/mol. The molecule has 0 saturated carbocycles. The number of nitrogens with zero attached hydrogens (tertiary/aromatic N) is 2. The van der Waals surface area contributed by atoms with E-state index in [0.29, 0.717) is 10.7 Å². The Hall–Kier alpha value is -1.61. The van der Waals surface area contributed by atoms with Crippen molar-refractivity contribution in [3.8, 4) is 11.4 Å². The van der Waals surface area contributed by atoms with E-state index < -0.39 is 0 Å². The van der Waals surface area contributed by atoms with Gasteiger partial charge in [-0.15, -0.1) is 0 Å². The Kier molecular flexibility index (Phi) is 2.33. The first-order chi connectivity index (χ1) is 6.75. The number of hydrogen-bond acceptors (Lipinski definition) is 3. The number of nitrogen functional groups attached to an aromatic ring is 1. The highest BCUT2D eigenvalue weighted by Crippen LogP contribution is 2.19. The van der Waals surface area contributed by atoms with Gasteiger partial charge in [-0.25, -0.2) is 0 Å². The molecule has 4 heteroatoms. The lowest BCUT2D eigenvalue weighted by Crippen LogP contribution is -1.90. The minimum absolute atomic E-state index is 0.638. The van der Waals surface area contributed by atoms with E-state index in [1.165, 1.54) is 0 Å². The first-order valence-electron chi connectivity index (χ1n) is 4.09. The molecule has 2 heterocycles. The molecule has 0 radical (unpaired) electrons. The molecule has 70 valence electrons. The molecule has 0 saturated heterocycles. The highest BCUT2D eigenvalue weighted by Gasteiger charge is 2.01. The van der Waals surface area contributed by atoms with Crippen LogP contribution in [-0.2, 0) is 0 Å². The molecule has 2 aromatic heterocycles. The standard InChI is InChI=1S/C10H8ClN3/c11-7-1-3-13-9(5-7)10-6-8(12)2-4-14-10/h1-6H,(H2,12,14). The topological polar surface area (TPSA) is 51.8 Å². The van der Waals surface area contributed by atoms with Crippen molar-refractivity contribution in [3.63, 3.8) is 0 Å². The van der Waals surface area contributed by atoms with E-state index in [9.17, 15) is 0 Å². The smallest absolute Gasteiger partial charge is 0.0907 e. The number of rotatable bonds is 1. The molecular weight excluding hydrogens is 198 g/mol. The van der Waals surface area contributed by atoms with Gasteiger partial charge in [0.25, 0.3) is 0 Å². The Morgan fingerprint density at radius 3 is 2.29 bits per heavy atom. The van der Waals surface area contributed by atoms with Crippen LogP contribution in [0.1, 0.15) is 0 Å². The van der Waals surface area contributed by atoms with Crippen molar-refractivity contribution in [3.05, 3.63) is 41.7 Å². The molecular formula is C10H8ClN3. The highest BCUT2D eigenvalue weighted by atomic mass is 35.5. The number of hydrogen-bond donors (Lipinski definition) is 1. The van der Waals surface area contributed by atoms with Gasteiger partial charge in [-0.2, -0.15) is 0 Å². The molecule has 2 aromatic rings. The average molecular weight is 206 g/mol. The SMILES string of the molecule is Nc1ccnc(-c2cc(Cl)ccn2)c1. The van der Waals surface area contributed by atoms with Crippen molar-refractivity contribution in [2.45, 2.75) is 0 Å². The predicted octanol–water partition coefficient (Wildman–Crippen LogP) is 2.38. The van der Waals surface area contributed by atoms with Crippen molar-refractivity contribution in [2.24, 2.45) is 0 Å². The number of aromatic nitrogens is 2. The number of anilines is 1. The second kappa shape index (κ2) is 3.64. The summed E-state index contributed by atoms with van der Waals surface area (Å²) < 4.78 is 0. The Balaban J connectivity index is 2.49. The zero-order valence-electron chi connectivity index (χ0n) is 7.31. The van der Waals surface area contributed by atoms with Crippen LogP contribution in [0.2, 0.25) is 5.02 Å². The van der Waals surface area contributed by atoms with Crippen LogP contribution < -0.4 is 5.73 Å². The van der Waals surface area contributed by atoms with Crippen LogP contribution in [0, 0.1) is 0 Å². The molecule has 0 aliphatic heterocycles. The van der Waals surface area contributed by atoms with Gasteiger partial charge in [0.2, 0.25) is 0 Å². The summed E-state index contributed by atoms with van der Waals surface area (Å²) in [6, 6.07) is 6.97. The summed E-state index contributed by atoms with van der Waals surface area (Å²) in [5.41, 5.74) is 7.75. The molecule has 0 bridgehead atoms. The molecule has 0 aliphatic rings. The Labute approximate surface area is 86.6 Å². The molecule has 0 unspecified atom stereocenters. The van der Waals surface area contributed by atoms with Gasteiger partial charge in [0.15, 0.2) is 0 Å². The third-order valence-electron chi connectivity index (χ3n) is 1.77. The van der Waals surface area contributed by atoms with Gasteiger partial charge in [0, 0.05) is 23.1 Å².